The lowest BCUT2D eigenvalue weighted by molar-refractivity contribution is -0.136. The Morgan fingerprint density at radius 3 is 2.55 bits per heavy atom. The van der Waals surface area contributed by atoms with Crippen LogP contribution in [0.2, 0.25) is 0 Å². The van der Waals surface area contributed by atoms with Crippen LogP contribution in [0.1, 0.15) is 5.56 Å². The molecule has 2 aromatic carbocycles. The van der Waals surface area contributed by atoms with Crippen LogP contribution in [0.25, 0.3) is 11.4 Å². The maximum Gasteiger partial charge on any atom is 0.249 e. The van der Waals surface area contributed by atoms with Crippen LogP contribution in [0.5, 0.6) is 0 Å². The van der Waals surface area contributed by atoms with Crippen LogP contribution < -0.4 is 4.90 Å². The summed E-state index contributed by atoms with van der Waals surface area (Å²) in [6.45, 7) is 3.44. The Labute approximate surface area is 169 Å². The van der Waals surface area contributed by atoms with Gasteiger partial charge in [-0.2, -0.15) is 4.98 Å². The molecule has 1 aromatic heterocycles. The molecule has 0 spiro atoms. The van der Waals surface area contributed by atoms with E-state index < -0.39 is 0 Å². The van der Waals surface area contributed by atoms with Crippen molar-refractivity contribution in [1.82, 2.24) is 19.7 Å². The summed E-state index contributed by atoms with van der Waals surface area (Å²) in [6.07, 6.45) is 0.970. The summed E-state index contributed by atoms with van der Waals surface area (Å²) in [7, 11) is 0. The number of fused-ring (bicyclic) bond motifs is 1. The molecule has 5 rings (SSSR count). The zero-order valence-electron chi connectivity index (χ0n) is 16.2. The SMILES string of the molecule is O=C(Cn1nc(N2CCc3ccccc32)nc1-c1ccccc1)N1CCOCC1. The topological polar surface area (TPSA) is 63.5 Å². The third kappa shape index (κ3) is 3.49. The van der Waals surface area contributed by atoms with Gasteiger partial charge in [0.05, 0.1) is 13.2 Å². The summed E-state index contributed by atoms with van der Waals surface area (Å²) in [5.74, 6) is 1.40. The van der Waals surface area contributed by atoms with Crippen molar-refractivity contribution < 1.29 is 9.53 Å². The van der Waals surface area contributed by atoms with E-state index in [1.807, 2.05) is 41.3 Å². The molecular weight excluding hydrogens is 366 g/mol. The van der Waals surface area contributed by atoms with E-state index >= 15 is 0 Å². The Morgan fingerprint density at radius 2 is 1.72 bits per heavy atom. The zero-order chi connectivity index (χ0) is 19.6. The Balaban J connectivity index is 1.49. The van der Waals surface area contributed by atoms with Gasteiger partial charge in [-0.25, -0.2) is 4.68 Å². The van der Waals surface area contributed by atoms with E-state index in [1.54, 1.807) is 4.68 Å². The first-order valence-corrected chi connectivity index (χ1v) is 10.0. The third-order valence-electron chi connectivity index (χ3n) is 5.47. The summed E-state index contributed by atoms with van der Waals surface area (Å²) in [5, 5.41) is 4.76. The van der Waals surface area contributed by atoms with Gasteiger partial charge < -0.3 is 14.5 Å². The Morgan fingerprint density at radius 1 is 0.966 bits per heavy atom. The van der Waals surface area contributed by atoms with Crippen molar-refractivity contribution in [3.8, 4) is 11.4 Å². The molecule has 29 heavy (non-hydrogen) atoms. The minimum Gasteiger partial charge on any atom is -0.378 e. The first-order valence-electron chi connectivity index (χ1n) is 10.0. The van der Waals surface area contributed by atoms with Crippen molar-refractivity contribution in [2.24, 2.45) is 0 Å². The van der Waals surface area contributed by atoms with Crippen molar-refractivity contribution in [1.29, 1.82) is 0 Å². The summed E-state index contributed by atoms with van der Waals surface area (Å²) < 4.78 is 7.10. The van der Waals surface area contributed by atoms with Crippen LogP contribution in [-0.2, 0) is 22.5 Å². The zero-order valence-corrected chi connectivity index (χ0v) is 16.2. The molecule has 0 radical (unpaired) electrons. The number of ether oxygens (including phenoxy) is 1. The number of benzene rings is 2. The molecule has 2 aliphatic rings. The minimum absolute atomic E-state index is 0.0451. The summed E-state index contributed by atoms with van der Waals surface area (Å²) in [6, 6.07) is 18.3. The van der Waals surface area contributed by atoms with Gasteiger partial charge >= 0.3 is 0 Å². The fraction of sp³-hybridized carbons (Fsp3) is 0.318. The predicted molar refractivity (Wildman–Crippen MR) is 110 cm³/mol. The van der Waals surface area contributed by atoms with E-state index in [9.17, 15) is 4.79 Å². The Hall–Kier alpha value is -3.19. The minimum atomic E-state index is 0.0451. The first kappa shape index (κ1) is 17.9. The van der Waals surface area contributed by atoms with Crippen LogP contribution in [0.15, 0.2) is 54.6 Å². The number of carbonyl (C=O) groups excluding carboxylic acids is 1. The number of carbonyl (C=O) groups is 1. The molecule has 0 bridgehead atoms. The number of anilines is 2. The molecule has 7 heteroatoms. The molecule has 2 aliphatic heterocycles. The molecule has 0 unspecified atom stereocenters. The molecular formula is C22H23N5O2. The lowest BCUT2D eigenvalue weighted by Gasteiger charge is -2.26. The number of aromatic nitrogens is 3. The average molecular weight is 389 g/mol. The lowest BCUT2D eigenvalue weighted by Crippen LogP contribution is -2.42. The summed E-state index contributed by atoms with van der Waals surface area (Å²) in [4.78, 5) is 21.7. The van der Waals surface area contributed by atoms with Crippen molar-refractivity contribution in [2.75, 3.05) is 37.7 Å². The maximum atomic E-state index is 12.8. The highest BCUT2D eigenvalue weighted by Crippen LogP contribution is 2.33. The van der Waals surface area contributed by atoms with Gasteiger partial charge in [0.15, 0.2) is 5.82 Å². The van der Waals surface area contributed by atoms with Gasteiger partial charge in [0.1, 0.15) is 6.54 Å². The second-order valence-corrected chi connectivity index (χ2v) is 7.28. The van der Waals surface area contributed by atoms with Crippen molar-refractivity contribution in [2.45, 2.75) is 13.0 Å². The first-order chi connectivity index (χ1) is 14.3. The number of hydrogen-bond donors (Lipinski definition) is 0. The number of hydrogen-bond acceptors (Lipinski definition) is 5. The van der Waals surface area contributed by atoms with Gasteiger partial charge in [-0.05, 0) is 18.1 Å². The normalized spacial score (nSPS) is 16.1. The highest BCUT2D eigenvalue weighted by molar-refractivity contribution is 5.77. The molecule has 3 aromatic rings. The maximum absolute atomic E-state index is 12.8. The van der Waals surface area contributed by atoms with Crippen LogP contribution in [-0.4, -0.2) is 58.4 Å². The molecule has 0 aliphatic carbocycles. The monoisotopic (exact) mass is 389 g/mol. The van der Waals surface area contributed by atoms with Crippen molar-refractivity contribution >= 4 is 17.5 Å². The second-order valence-electron chi connectivity index (χ2n) is 7.28. The van der Waals surface area contributed by atoms with Crippen molar-refractivity contribution in [3.05, 3.63) is 60.2 Å². The van der Waals surface area contributed by atoms with Crippen molar-refractivity contribution in [3.63, 3.8) is 0 Å². The molecule has 1 saturated heterocycles. The van der Waals surface area contributed by atoms with Crippen LogP contribution in [0.3, 0.4) is 0 Å². The van der Waals surface area contributed by atoms with Gasteiger partial charge in [-0.1, -0.05) is 48.5 Å². The molecule has 3 heterocycles. The lowest BCUT2D eigenvalue weighted by atomic mass is 10.2. The Bertz CT molecular complexity index is 1010. The highest BCUT2D eigenvalue weighted by Gasteiger charge is 2.26. The van der Waals surface area contributed by atoms with Crippen LogP contribution >= 0.6 is 0 Å². The summed E-state index contributed by atoms with van der Waals surface area (Å²) >= 11 is 0. The molecule has 148 valence electrons. The second kappa shape index (κ2) is 7.67. The number of morpholine rings is 1. The molecule has 0 atom stereocenters. The average Bonchev–Trinajstić information content (AvgIpc) is 3.39. The summed E-state index contributed by atoms with van der Waals surface area (Å²) in [5.41, 5.74) is 3.40. The van der Waals surface area contributed by atoms with Gasteiger partial charge in [-0.15, -0.1) is 5.10 Å². The largest absolute Gasteiger partial charge is 0.378 e. The van der Waals surface area contributed by atoms with Crippen LogP contribution in [0, 0.1) is 0 Å². The van der Waals surface area contributed by atoms with E-state index in [-0.39, 0.29) is 12.5 Å². The van der Waals surface area contributed by atoms with Gasteiger partial charge in [0.2, 0.25) is 11.9 Å². The molecule has 1 fully saturated rings. The van der Waals surface area contributed by atoms with Gasteiger partial charge in [0.25, 0.3) is 0 Å². The van der Waals surface area contributed by atoms with E-state index in [4.69, 9.17) is 14.8 Å². The molecule has 0 saturated carbocycles. The van der Waals surface area contributed by atoms with Crippen LogP contribution in [0.4, 0.5) is 11.6 Å². The van der Waals surface area contributed by atoms with E-state index in [0.717, 1.165) is 24.2 Å². The van der Waals surface area contributed by atoms with E-state index in [2.05, 4.69) is 23.1 Å². The molecule has 0 N–H and O–H groups in total. The quantitative estimate of drug-likeness (QED) is 0.686. The number of nitrogens with zero attached hydrogens (tertiary/aromatic N) is 5. The van der Waals surface area contributed by atoms with E-state index in [0.29, 0.717) is 38.1 Å². The number of para-hydroxylation sites is 1. The third-order valence-corrected chi connectivity index (χ3v) is 5.47. The van der Waals surface area contributed by atoms with E-state index in [1.165, 1.54) is 5.56 Å². The smallest absolute Gasteiger partial charge is 0.249 e. The fourth-order valence-corrected chi connectivity index (χ4v) is 3.94. The fourth-order valence-electron chi connectivity index (χ4n) is 3.94. The Kier molecular flexibility index (Phi) is 4.73. The number of amides is 1. The standard InChI is InChI=1S/C22H23N5O2/c28-20(25-12-14-29-15-13-25)16-27-21(18-7-2-1-3-8-18)23-22(24-27)26-11-10-17-6-4-5-9-19(17)26/h1-9H,10-16H2. The van der Waals surface area contributed by atoms with Gasteiger partial charge in [-0.3, -0.25) is 4.79 Å². The predicted octanol–water partition coefficient (Wildman–Crippen LogP) is 2.50. The number of rotatable bonds is 4. The highest BCUT2D eigenvalue weighted by atomic mass is 16.5. The molecule has 7 nitrogen and oxygen atoms in total. The molecule has 1 amide bonds. The van der Waals surface area contributed by atoms with Gasteiger partial charge in [0, 0.05) is 30.9 Å².